The number of carboxylic acids is 1. The Morgan fingerprint density at radius 3 is 2.44 bits per heavy atom. The van der Waals surface area contributed by atoms with Crippen LogP contribution in [0.2, 0.25) is 0 Å². The van der Waals surface area contributed by atoms with Crippen molar-refractivity contribution >= 4 is 11.9 Å². The first kappa shape index (κ1) is 24.0. The third kappa shape index (κ3) is 4.23. The molecule has 5 heteroatoms. The maximum Gasteiger partial charge on any atom is 0.329 e. The summed E-state index contributed by atoms with van der Waals surface area (Å²) < 4.78 is 10.6. The third-order valence-corrected chi connectivity index (χ3v) is 10.9. The van der Waals surface area contributed by atoms with Crippen molar-refractivity contribution in [3.8, 4) is 0 Å². The lowest BCUT2D eigenvalue weighted by molar-refractivity contribution is -0.154. The SMILES string of the molecule is COC(=O)CCC(C)[C@H]1CCC2C3CCC4C[C@H](OCC(=O)O)CCC4(C)C3CC[C@@]21C. The second-order valence-electron chi connectivity index (χ2n) is 12.1. The molecule has 0 aromatic rings. The van der Waals surface area contributed by atoms with Gasteiger partial charge in [0.1, 0.15) is 6.61 Å². The molecule has 0 bridgehead atoms. The van der Waals surface area contributed by atoms with Crippen molar-refractivity contribution in [3.05, 3.63) is 0 Å². The van der Waals surface area contributed by atoms with Gasteiger partial charge in [0, 0.05) is 6.42 Å². The topological polar surface area (TPSA) is 72.8 Å². The molecule has 0 aromatic carbocycles. The number of fused-ring (bicyclic) bond motifs is 5. The van der Waals surface area contributed by atoms with Gasteiger partial charge in [0.05, 0.1) is 13.2 Å². The second-order valence-corrected chi connectivity index (χ2v) is 12.1. The summed E-state index contributed by atoms with van der Waals surface area (Å²) in [6, 6.07) is 0. The zero-order valence-corrected chi connectivity index (χ0v) is 20.6. The summed E-state index contributed by atoms with van der Waals surface area (Å²) in [5, 5.41) is 8.98. The van der Waals surface area contributed by atoms with Crippen LogP contribution in [0, 0.1) is 46.3 Å². The molecule has 182 valence electrons. The zero-order chi connectivity index (χ0) is 23.1. The van der Waals surface area contributed by atoms with Gasteiger partial charge in [-0.2, -0.15) is 0 Å². The van der Waals surface area contributed by atoms with E-state index < -0.39 is 5.97 Å². The molecule has 9 atom stereocenters. The fourth-order valence-corrected chi connectivity index (χ4v) is 9.18. The lowest BCUT2D eigenvalue weighted by Crippen LogP contribution is -2.54. The highest BCUT2D eigenvalue weighted by atomic mass is 16.5. The van der Waals surface area contributed by atoms with Gasteiger partial charge in [-0.15, -0.1) is 0 Å². The molecule has 0 aliphatic heterocycles. The van der Waals surface area contributed by atoms with Gasteiger partial charge < -0.3 is 14.6 Å². The summed E-state index contributed by atoms with van der Waals surface area (Å²) >= 11 is 0. The number of methoxy groups -OCH3 is 1. The number of hydrogen-bond donors (Lipinski definition) is 1. The molecule has 4 aliphatic carbocycles. The Balaban J connectivity index is 1.42. The molecule has 4 rings (SSSR count). The van der Waals surface area contributed by atoms with E-state index in [0.717, 1.165) is 42.9 Å². The minimum absolute atomic E-state index is 0.0746. The summed E-state index contributed by atoms with van der Waals surface area (Å²) in [4.78, 5) is 22.6. The Hall–Kier alpha value is -1.10. The fourth-order valence-electron chi connectivity index (χ4n) is 9.18. The first-order valence-electron chi connectivity index (χ1n) is 13.1. The van der Waals surface area contributed by atoms with E-state index in [2.05, 4.69) is 20.8 Å². The predicted octanol–water partition coefficient (Wildman–Crippen LogP) is 5.70. The second kappa shape index (κ2) is 9.27. The van der Waals surface area contributed by atoms with Gasteiger partial charge in [0.2, 0.25) is 0 Å². The van der Waals surface area contributed by atoms with Gasteiger partial charge in [-0.3, -0.25) is 4.79 Å². The predicted molar refractivity (Wildman–Crippen MR) is 123 cm³/mol. The number of ether oxygens (including phenoxy) is 2. The normalized spacial score (nSPS) is 44.1. The van der Waals surface area contributed by atoms with Crippen LogP contribution in [-0.2, 0) is 19.1 Å². The summed E-state index contributed by atoms with van der Waals surface area (Å²) in [6.07, 6.45) is 12.8. The highest BCUT2D eigenvalue weighted by molar-refractivity contribution is 5.69. The van der Waals surface area contributed by atoms with Crippen molar-refractivity contribution in [1.82, 2.24) is 0 Å². The zero-order valence-electron chi connectivity index (χ0n) is 20.6. The van der Waals surface area contributed by atoms with Crippen molar-refractivity contribution in [2.45, 2.75) is 97.5 Å². The van der Waals surface area contributed by atoms with Gasteiger partial charge >= 0.3 is 11.9 Å². The van der Waals surface area contributed by atoms with Crippen LogP contribution in [0.25, 0.3) is 0 Å². The molecule has 0 spiro atoms. The van der Waals surface area contributed by atoms with Crippen LogP contribution in [0.15, 0.2) is 0 Å². The summed E-state index contributed by atoms with van der Waals surface area (Å²) in [7, 11) is 1.49. The van der Waals surface area contributed by atoms with Gasteiger partial charge in [-0.25, -0.2) is 4.79 Å². The van der Waals surface area contributed by atoms with Crippen molar-refractivity contribution < 1.29 is 24.2 Å². The molecule has 0 amide bonds. The molecule has 4 saturated carbocycles. The molecule has 0 heterocycles. The number of carbonyl (C=O) groups excluding carboxylic acids is 1. The van der Waals surface area contributed by atoms with Gasteiger partial charge in [0.25, 0.3) is 0 Å². The van der Waals surface area contributed by atoms with E-state index >= 15 is 0 Å². The molecule has 1 N–H and O–H groups in total. The standard InChI is InChI=1S/C27H44O5/c1-17(5-10-25(30)31-4)21-8-9-22-20-7-6-18-15-19(32-16-24(28)29)11-13-26(18,2)23(20)12-14-27(21,22)3/h17-23H,5-16H2,1-4H3,(H,28,29)/t17?,18?,19-,20?,21-,22?,23?,26?,27-/m1/s1. The number of rotatable bonds is 7. The number of carboxylic acid groups (broad SMARTS) is 1. The van der Waals surface area contributed by atoms with Gasteiger partial charge in [-0.05, 0) is 111 Å². The molecule has 0 saturated heterocycles. The Bertz CT molecular complexity index is 706. The quantitative estimate of drug-likeness (QED) is 0.505. The molecule has 4 fully saturated rings. The third-order valence-electron chi connectivity index (χ3n) is 10.9. The maximum atomic E-state index is 11.7. The Labute approximate surface area is 194 Å². The number of esters is 1. The van der Waals surface area contributed by atoms with Gasteiger partial charge in [0.15, 0.2) is 0 Å². The average molecular weight is 449 g/mol. The average Bonchev–Trinajstić information content (AvgIpc) is 3.12. The van der Waals surface area contributed by atoms with Crippen LogP contribution in [0.1, 0.15) is 91.4 Å². The first-order chi connectivity index (χ1) is 15.2. The van der Waals surface area contributed by atoms with Crippen molar-refractivity contribution in [3.63, 3.8) is 0 Å². The first-order valence-corrected chi connectivity index (χ1v) is 13.1. The Morgan fingerprint density at radius 2 is 1.72 bits per heavy atom. The molecular formula is C27H44O5. The summed E-state index contributed by atoms with van der Waals surface area (Å²) in [5.41, 5.74) is 0.809. The van der Waals surface area contributed by atoms with E-state index in [0.29, 0.717) is 29.1 Å². The van der Waals surface area contributed by atoms with Gasteiger partial charge in [-0.1, -0.05) is 20.8 Å². The van der Waals surface area contributed by atoms with E-state index in [1.807, 2.05) is 0 Å². The molecule has 4 aliphatic rings. The molecule has 0 radical (unpaired) electrons. The van der Waals surface area contributed by atoms with Crippen molar-refractivity contribution in [2.24, 2.45) is 46.3 Å². The lowest BCUT2D eigenvalue weighted by atomic mass is 9.44. The number of hydrogen-bond acceptors (Lipinski definition) is 4. The Kier molecular flexibility index (Phi) is 6.96. The van der Waals surface area contributed by atoms with Crippen LogP contribution in [0.4, 0.5) is 0 Å². The largest absolute Gasteiger partial charge is 0.480 e. The van der Waals surface area contributed by atoms with Crippen LogP contribution < -0.4 is 0 Å². The molecule has 32 heavy (non-hydrogen) atoms. The van der Waals surface area contributed by atoms with Crippen LogP contribution >= 0.6 is 0 Å². The van der Waals surface area contributed by atoms with E-state index in [9.17, 15) is 9.59 Å². The van der Waals surface area contributed by atoms with E-state index in [-0.39, 0.29) is 18.7 Å². The van der Waals surface area contributed by atoms with Crippen LogP contribution in [0.3, 0.4) is 0 Å². The van der Waals surface area contributed by atoms with Crippen LogP contribution in [0.5, 0.6) is 0 Å². The van der Waals surface area contributed by atoms with Crippen LogP contribution in [-0.4, -0.2) is 36.9 Å². The lowest BCUT2D eigenvalue weighted by Gasteiger charge is -2.61. The number of aliphatic carboxylic acids is 1. The van der Waals surface area contributed by atoms with Crippen molar-refractivity contribution in [1.29, 1.82) is 0 Å². The molecular weight excluding hydrogens is 404 g/mol. The molecule has 6 unspecified atom stereocenters. The monoisotopic (exact) mass is 448 g/mol. The minimum Gasteiger partial charge on any atom is -0.480 e. The van der Waals surface area contributed by atoms with E-state index in [1.54, 1.807) is 0 Å². The Morgan fingerprint density at radius 1 is 1.00 bits per heavy atom. The van der Waals surface area contributed by atoms with Crippen molar-refractivity contribution in [2.75, 3.05) is 13.7 Å². The smallest absolute Gasteiger partial charge is 0.329 e. The highest BCUT2D eigenvalue weighted by Crippen LogP contribution is 2.68. The summed E-state index contributed by atoms with van der Waals surface area (Å²) in [5.74, 6) is 3.52. The van der Waals surface area contributed by atoms with E-state index in [4.69, 9.17) is 14.6 Å². The minimum atomic E-state index is -0.856. The fraction of sp³-hybridized carbons (Fsp3) is 0.926. The summed E-state index contributed by atoms with van der Waals surface area (Å²) in [6.45, 7) is 7.33. The molecule has 5 nitrogen and oxygen atoms in total. The van der Waals surface area contributed by atoms with E-state index in [1.165, 1.54) is 52.1 Å². The maximum absolute atomic E-state index is 11.7. The molecule has 0 aromatic heterocycles. The number of carbonyl (C=O) groups is 2. The highest BCUT2D eigenvalue weighted by Gasteiger charge is 2.60.